The smallest absolute Gasteiger partial charge is 0.306 e. The van der Waals surface area contributed by atoms with Crippen LogP contribution in [0, 0.1) is 6.92 Å². The van der Waals surface area contributed by atoms with Crippen molar-refractivity contribution in [2.75, 3.05) is 10.8 Å². The van der Waals surface area contributed by atoms with Gasteiger partial charge in [-0.25, -0.2) is 17.8 Å². The lowest BCUT2D eigenvalue weighted by molar-refractivity contribution is 0.589. The van der Waals surface area contributed by atoms with Crippen LogP contribution in [0.1, 0.15) is 24.0 Å². The van der Waals surface area contributed by atoms with Gasteiger partial charge in [-0.15, -0.1) is 0 Å². The van der Waals surface area contributed by atoms with E-state index in [4.69, 9.17) is 0 Å². The summed E-state index contributed by atoms with van der Waals surface area (Å²) in [6, 6.07) is 18.6. The molecule has 0 fully saturated rings. The van der Waals surface area contributed by atoms with Crippen molar-refractivity contribution in [3.8, 4) is 5.69 Å². The van der Waals surface area contributed by atoms with Crippen LogP contribution in [0.25, 0.3) is 16.6 Å². The van der Waals surface area contributed by atoms with Crippen molar-refractivity contribution in [1.29, 1.82) is 0 Å². The van der Waals surface area contributed by atoms with E-state index in [-0.39, 0.29) is 10.6 Å². The van der Waals surface area contributed by atoms with E-state index >= 15 is 0 Å². The summed E-state index contributed by atoms with van der Waals surface area (Å²) in [4.78, 5) is 28.5. The molecule has 4 aromatic rings. The topological polar surface area (TPSA) is 92.2 Å². The zero-order valence-corrected chi connectivity index (χ0v) is 18.9. The molecule has 0 unspecified atom stereocenters. The molecule has 0 atom stereocenters. The number of aromatic nitrogens is 2. The Bertz CT molecular complexity index is 1600. The third-order valence-corrected chi connectivity index (χ3v) is 7.85. The van der Waals surface area contributed by atoms with E-state index in [1.54, 1.807) is 36.4 Å². The van der Waals surface area contributed by atoms with E-state index < -0.39 is 21.3 Å². The first-order valence-electron chi connectivity index (χ1n) is 10.8. The number of hydrogen-bond acceptors (Lipinski definition) is 4. The van der Waals surface area contributed by atoms with Gasteiger partial charge in [-0.05, 0) is 73.7 Å². The van der Waals surface area contributed by atoms with Crippen molar-refractivity contribution in [2.45, 2.75) is 31.1 Å². The molecule has 0 amide bonds. The number of fused-ring (bicyclic) bond motifs is 2. The zero-order valence-electron chi connectivity index (χ0n) is 18.1. The van der Waals surface area contributed by atoms with Gasteiger partial charge in [0.1, 0.15) is 0 Å². The maximum absolute atomic E-state index is 13.7. The number of rotatable bonds is 3. The first-order valence-corrected chi connectivity index (χ1v) is 12.3. The van der Waals surface area contributed by atoms with Crippen LogP contribution >= 0.6 is 0 Å². The van der Waals surface area contributed by atoms with E-state index in [2.05, 4.69) is 4.98 Å². The monoisotopic (exact) mass is 461 g/mol. The standard InChI is InChI=1S/C25H23N3O4S/c1-17-12-13-18-7-4-5-14-27(23(18)15-17)33(31,32)20-9-6-8-19(16-20)28-24(29)21-10-2-3-11-22(21)26-25(28)30/h2-3,6,8-13,15-16H,4-5,7,14H2,1H3,(H,26,30). The lowest BCUT2D eigenvalue weighted by Gasteiger charge is -2.25. The number of aromatic amines is 1. The average Bonchev–Trinajstić information content (AvgIpc) is 3.02. The molecule has 5 rings (SSSR count). The second kappa shape index (κ2) is 8.04. The lowest BCUT2D eigenvalue weighted by atomic mass is 10.1. The minimum Gasteiger partial charge on any atom is -0.306 e. The van der Waals surface area contributed by atoms with Crippen molar-refractivity contribution in [3.05, 3.63) is 98.7 Å². The van der Waals surface area contributed by atoms with Crippen LogP contribution in [0.4, 0.5) is 5.69 Å². The van der Waals surface area contributed by atoms with Gasteiger partial charge in [0.15, 0.2) is 0 Å². The number of hydrogen-bond donors (Lipinski definition) is 1. The lowest BCUT2D eigenvalue weighted by Crippen LogP contribution is -2.34. The zero-order chi connectivity index (χ0) is 23.2. The van der Waals surface area contributed by atoms with Crippen molar-refractivity contribution in [1.82, 2.24) is 9.55 Å². The maximum atomic E-state index is 13.7. The largest absolute Gasteiger partial charge is 0.333 e. The number of para-hydroxylation sites is 1. The van der Waals surface area contributed by atoms with E-state index in [9.17, 15) is 18.0 Å². The van der Waals surface area contributed by atoms with Gasteiger partial charge in [0.25, 0.3) is 15.6 Å². The summed E-state index contributed by atoms with van der Waals surface area (Å²) in [6.45, 7) is 2.31. The number of H-pyrrole nitrogens is 1. The molecule has 0 aliphatic carbocycles. The Labute approximate surface area is 191 Å². The molecule has 3 aromatic carbocycles. The summed E-state index contributed by atoms with van der Waals surface area (Å²) in [5, 5.41) is 0.349. The minimum absolute atomic E-state index is 0.0359. The van der Waals surface area contributed by atoms with Crippen LogP contribution < -0.4 is 15.6 Å². The normalized spacial score (nSPS) is 14.2. The molecule has 7 nitrogen and oxygen atoms in total. The van der Waals surface area contributed by atoms with Gasteiger partial charge in [-0.1, -0.05) is 30.3 Å². The molecule has 2 heterocycles. The number of nitrogens with one attached hydrogen (secondary N) is 1. The van der Waals surface area contributed by atoms with Crippen molar-refractivity contribution < 1.29 is 8.42 Å². The molecule has 1 aliphatic heterocycles. The van der Waals surface area contributed by atoms with E-state index in [0.29, 0.717) is 23.1 Å². The molecule has 0 bridgehead atoms. The number of aryl methyl sites for hydroxylation is 2. The van der Waals surface area contributed by atoms with E-state index in [1.165, 1.54) is 16.4 Å². The van der Waals surface area contributed by atoms with Gasteiger partial charge in [0, 0.05) is 6.54 Å². The summed E-state index contributed by atoms with van der Waals surface area (Å²) >= 11 is 0. The molecular formula is C25H23N3O4S. The van der Waals surface area contributed by atoms with E-state index in [0.717, 1.165) is 35.0 Å². The van der Waals surface area contributed by atoms with Gasteiger partial charge >= 0.3 is 5.69 Å². The molecule has 0 saturated carbocycles. The van der Waals surface area contributed by atoms with Gasteiger partial charge in [-0.2, -0.15) is 0 Å². The first kappa shape index (κ1) is 21.2. The fourth-order valence-corrected chi connectivity index (χ4v) is 5.94. The van der Waals surface area contributed by atoms with Gasteiger partial charge in [0.2, 0.25) is 0 Å². The predicted octanol–water partition coefficient (Wildman–Crippen LogP) is 3.52. The van der Waals surface area contributed by atoms with Crippen LogP contribution in [0.15, 0.2) is 81.2 Å². The van der Waals surface area contributed by atoms with Gasteiger partial charge < -0.3 is 4.98 Å². The highest BCUT2D eigenvalue weighted by molar-refractivity contribution is 7.92. The number of nitrogens with zero attached hydrogens (tertiary/aromatic N) is 2. The fourth-order valence-electron chi connectivity index (χ4n) is 4.37. The maximum Gasteiger partial charge on any atom is 0.333 e. The van der Waals surface area contributed by atoms with Crippen LogP contribution in [0.2, 0.25) is 0 Å². The summed E-state index contributed by atoms with van der Waals surface area (Å²) in [6.07, 6.45) is 2.48. The summed E-state index contributed by atoms with van der Waals surface area (Å²) in [5.74, 6) is 0. The molecule has 1 N–H and O–H groups in total. The van der Waals surface area contributed by atoms with Gasteiger partial charge in [0.05, 0.1) is 27.2 Å². The molecule has 8 heteroatoms. The van der Waals surface area contributed by atoms with Crippen molar-refractivity contribution in [2.24, 2.45) is 0 Å². The summed E-state index contributed by atoms with van der Waals surface area (Å²) in [7, 11) is -3.91. The molecule has 0 saturated heterocycles. The van der Waals surface area contributed by atoms with Crippen molar-refractivity contribution >= 4 is 26.6 Å². The number of anilines is 1. The Hall–Kier alpha value is -3.65. The minimum atomic E-state index is -3.91. The van der Waals surface area contributed by atoms with Crippen molar-refractivity contribution in [3.63, 3.8) is 0 Å². The Morgan fingerprint density at radius 2 is 1.73 bits per heavy atom. The highest BCUT2D eigenvalue weighted by Crippen LogP contribution is 2.32. The third kappa shape index (κ3) is 3.66. The summed E-state index contributed by atoms with van der Waals surface area (Å²) < 4.78 is 29.9. The molecule has 168 valence electrons. The molecule has 1 aromatic heterocycles. The molecule has 1 aliphatic rings. The van der Waals surface area contributed by atoms with Crippen LogP contribution in [-0.2, 0) is 16.4 Å². The Balaban J connectivity index is 1.65. The first-order chi connectivity index (χ1) is 15.9. The predicted molar refractivity (Wildman–Crippen MR) is 129 cm³/mol. The molecule has 0 spiro atoms. The Morgan fingerprint density at radius 3 is 2.58 bits per heavy atom. The third-order valence-electron chi connectivity index (χ3n) is 6.04. The van der Waals surface area contributed by atoms with Gasteiger partial charge in [-0.3, -0.25) is 9.10 Å². The van der Waals surface area contributed by atoms with E-state index in [1.807, 2.05) is 25.1 Å². The van der Waals surface area contributed by atoms with Crippen LogP contribution in [-0.4, -0.2) is 24.5 Å². The highest BCUT2D eigenvalue weighted by Gasteiger charge is 2.28. The molecule has 33 heavy (non-hydrogen) atoms. The molecule has 0 radical (unpaired) electrons. The molecular weight excluding hydrogens is 438 g/mol. The second-order valence-electron chi connectivity index (χ2n) is 8.28. The number of sulfonamides is 1. The van der Waals surface area contributed by atoms with Crippen LogP contribution in [0.5, 0.6) is 0 Å². The fraction of sp³-hybridized carbons (Fsp3) is 0.200. The highest BCUT2D eigenvalue weighted by atomic mass is 32.2. The average molecular weight is 462 g/mol. The van der Waals surface area contributed by atoms with Crippen LogP contribution in [0.3, 0.4) is 0 Å². The Kier molecular flexibility index (Phi) is 5.17. The number of benzene rings is 3. The SMILES string of the molecule is Cc1ccc2c(c1)N(S(=O)(=O)c1cccc(-n3c(=O)[nH]c4ccccc4c3=O)c1)CCCC2. The Morgan fingerprint density at radius 1 is 0.909 bits per heavy atom. The second-order valence-corrected chi connectivity index (χ2v) is 10.1. The summed E-state index contributed by atoms with van der Waals surface area (Å²) in [5.41, 5.74) is 2.19. The quantitative estimate of drug-likeness (QED) is 0.505.